The molecular weight excluding hydrogens is 341 g/mol. The van der Waals surface area contributed by atoms with Crippen LogP contribution in [0.1, 0.15) is 21.1 Å². The molecule has 23 heavy (non-hydrogen) atoms. The van der Waals surface area contributed by atoms with Crippen molar-refractivity contribution in [1.29, 1.82) is 0 Å². The van der Waals surface area contributed by atoms with Gasteiger partial charge in [0, 0.05) is 17.4 Å². The Balaban J connectivity index is 1.83. The number of carbonyl (C=O) groups is 1. The van der Waals surface area contributed by atoms with E-state index < -0.39 is 5.82 Å². The lowest BCUT2D eigenvalue weighted by Crippen LogP contribution is -2.12. The second kappa shape index (κ2) is 6.10. The number of carbonyl (C=O) groups excluding carboxylic acids is 1. The topological polar surface area (TPSA) is 68.0 Å². The highest BCUT2D eigenvalue weighted by atomic mass is 35.5. The fourth-order valence-electron chi connectivity index (χ4n) is 1.95. The van der Waals surface area contributed by atoms with Crippen molar-refractivity contribution in [2.75, 3.05) is 5.32 Å². The number of thiophene rings is 1. The maximum atomic E-state index is 13.2. The van der Waals surface area contributed by atoms with Gasteiger partial charge < -0.3 is 9.84 Å². The fourth-order valence-corrected chi connectivity index (χ4v) is 3.03. The first kappa shape index (κ1) is 15.6. The van der Waals surface area contributed by atoms with Crippen molar-refractivity contribution >= 4 is 34.5 Å². The number of aromatic nitrogens is 2. The van der Waals surface area contributed by atoms with Crippen molar-refractivity contribution in [3.8, 4) is 10.7 Å². The molecule has 1 aromatic carbocycles. The zero-order valence-electron chi connectivity index (χ0n) is 12.2. The normalized spacial score (nSPS) is 10.8. The smallest absolute Gasteiger partial charge is 0.255 e. The van der Waals surface area contributed by atoms with E-state index in [2.05, 4.69) is 15.5 Å². The Hall–Kier alpha value is -2.25. The number of nitrogens with zero attached hydrogens (tertiary/aromatic N) is 2. The van der Waals surface area contributed by atoms with Gasteiger partial charge in [-0.05, 0) is 31.2 Å². The molecule has 118 valence electrons. The van der Waals surface area contributed by atoms with Crippen LogP contribution in [-0.4, -0.2) is 16.0 Å². The Morgan fingerprint density at radius 2 is 2.13 bits per heavy atom. The van der Waals surface area contributed by atoms with E-state index >= 15 is 0 Å². The first-order valence-electron chi connectivity index (χ1n) is 6.61. The number of rotatable bonds is 3. The summed E-state index contributed by atoms with van der Waals surface area (Å²) in [6.45, 7) is 3.58. The number of anilines is 1. The van der Waals surface area contributed by atoms with Gasteiger partial charge in [-0.25, -0.2) is 4.39 Å². The summed E-state index contributed by atoms with van der Waals surface area (Å²) in [4.78, 5) is 18.1. The van der Waals surface area contributed by atoms with E-state index in [1.54, 1.807) is 13.0 Å². The molecule has 0 unspecified atom stereocenters. The number of nitrogens with one attached hydrogen (secondary N) is 1. The predicted molar refractivity (Wildman–Crippen MR) is 86.4 cm³/mol. The highest BCUT2D eigenvalue weighted by Gasteiger charge is 2.15. The number of hydrogen-bond donors (Lipinski definition) is 1. The molecule has 5 nitrogen and oxygen atoms in total. The Morgan fingerprint density at radius 1 is 1.35 bits per heavy atom. The lowest BCUT2D eigenvalue weighted by atomic mass is 10.2. The maximum absolute atomic E-state index is 13.2. The van der Waals surface area contributed by atoms with Crippen LogP contribution in [-0.2, 0) is 0 Å². The van der Waals surface area contributed by atoms with Crippen LogP contribution < -0.4 is 5.32 Å². The molecule has 0 spiro atoms. The number of aryl methyl sites for hydroxylation is 2. The van der Waals surface area contributed by atoms with Crippen molar-refractivity contribution in [3.05, 3.63) is 51.4 Å². The molecule has 8 heteroatoms. The van der Waals surface area contributed by atoms with E-state index in [0.717, 1.165) is 15.8 Å². The summed E-state index contributed by atoms with van der Waals surface area (Å²) in [6, 6.07) is 5.59. The molecule has 0 aliphatic carbocycles. The van der Waals surface area contributed by atoms with Crippen LogP contribution in [0.3, 0.4) is 0 Å². The third kappa shape index (κ3) is 3.25. The van der Waals surface area contributed by atoms with Gasteiger partial charge in [0.2, 0.25) is 11.7 Å². The van der Waals surface area contributed by atoms with Gasteiger partial charge in [0.25, 0.3) is 5.91 Å². The highest BCUT2D eigenvalue weighted by Crippen LogP contribution is 2.33. The van der Waals surface area contributed by atoms with Gasteiger partial charge in [-0.3, -0.25) is 4.79 Å². The standard InChI is InChI=1S/C15H11ClFN3O2S/c1-7-12(6-13(23-7)14-18-8(2)22-20-14)19-15(21)9-3-4-11(17)10(16)5-9/h3-6H,1-2H3,(H,19,21). The van der Waals surface area contributed by atoms with E-state index in [1.165, 1.54) is 23.5 Å². The van der Waals surface area contributed by atoms with Crippen molar-refractivity contribution in [1.82, 2.24) is 10.1 Å². The largest absolute Gasteiger partial charge is 0.339 e. The summed E-state index contributed by atoms with van der Waals surface area (Å²) in [5.41, 5.74) is 0.914. The number of benzene rings is 1. The second-order valence-electron chi connectivity index (χ2n) is 4.80. The maximum Gasteiger partial charge on any atom is 0.255 e. The quantitative estimate of drug-likeness (QED) is 0.756. The summed E-state index contributed by atoms with van der Waals surface area (Å²) in [6.07, 6.45) is 0. The fraction of sp³-hybridized carbons (Fsp3) is 0.133. The molecule has 0 atom stereocenters. The molecule has 0 aliphatic rings. The lowest BCUT2D eigenvalue weighted by Gasteiger charge is -2.05. The molecule has 3 aromatic rings. The van der Waals surface area contributed by atoms with Gasteiger partial charge in [0.15, 0.2) is 0 Å². The van der Waals surface area contributed by atoms with E-state index in [0.29, 0.717) is 17.4 Å². The van der Waals surface area contributed by atoms with Crippen LogP contribution in [0.4, 0.5) is 10.1 Å². The molecule has 2 heterocycles. The summed E-state index contributed by atoms with van der Waals surface area (Å²) >= 11 is 7.14. The summed E-state index contributed by atoms with van der Waals surface area (Å²) in [7, 11) is 0. The van der Waals surface area contributed by atoms with Gasteiger partial charge in [-0.2, -0.15) is 4.98 Å². The average molecular weight is 352 g/mol. The van der Waals surface area contributed by atoms with E-state index in [4.69, 9.17) is 16.1 Å². The van der Waals surface area contributed by atoms with Crippen molar-refractivity contribution in [3.63, 3.8) is 0 Å². The highest BCUT2D eigenvalue weighted by molar-refractivity contribution is 7.16. The summed E-state index contributed by atoms with van der Waals surface area (Å²) in [5.74, 6) is 0.00635. The van der Waals surface area contributed by atoms with Crippen LogP contribution in [0.15, 0.2) is 28.8 Å². The summed E-state index contributed by atoms with van der Waals surface area (Å²) in [5, 5.41) is 6.53. The van der Waals surface area contributed by atoms with Crippen LogP contribution in [0.2, 0.25) is 5.02 Å². The zero-order valence-corrected chi connectivity index (χ0v) is 13.8. The van der Waals surface area contributed by atoms with Crippen molar-refractivity contribution in [2.24, 2.45) is 0 Å². The first-order chi connectivity index (χ1) is 10.9. The van der Waals surface area contributed by atoms with Gasteiger partial charge >= 0.3 is 0 Å². The van der Waals surface area contributed by atoms with Crippen LogP contribution in [0.25, 0.3) is 10.7 Å². The van der Waals surface area contributed by atoms with E-state index in [-0.39, 0.29) is 16.5 Å². The van der Waals surface area contributed by atoms with E-state index in [1.807, 2.05) is 6.92 Å². The van der Waals surface area contributed by atoms with E-state index in [9.17, 15) is 9.18 Å². The Morgan fingerprint density at radius 3 is 2.78 bits per heavy atom. The van der Waals surface area contributed by atoms with Crippen molar-refractivity contribution in [2.45, 2.75) is 13.8 Å². The van der Waals surface area contributed by atoms with Gasteiger partial charge in [-0.15, -0.1) is 11.3 Å². The lowest BCUT2D eigenvalue weighted by molar-refractivity contribution is 0.102. The minimum absolute atomic E-state index is 0.0948. The second-order valence-corrected chi connectivity index (χ2v) is 6.46. The first-order valence-corrected chi connectivity index (χ1v) is 7.81. The zero-order chi connectivity index (χ0) is 16.6. The molecule has 0 saturated heterocycles. The molecule has 1 N–H and O–H groups in total. The van der Waals surface area contributed by atoms with Crippen LogP contribution in [0, 0.1) is 19.7 Å². The predicted octanol–water partition coefficient (Wildman–Crippen LogP) is 4.46. The number of halogens is 2. The molecular formula is C15H11ClFN3O2S. The van der Waals surface area contributed by atoms with Gasteiger partial charge in [-0.1, -0.05) is 16.8 Å². The molecule has 3 rings (SSSR count). The van der Waals surface area contributed by atoms with Crippen LogP contribution >= 0.6 is 22.9 Å². The molecule has 0 radical (unpaired) electrons. The van der Waals surface area contributed by atoms with Crippen LogP contribution in [0.5, 0.6) is 0 Å². The Bertz CT molecular complexity index is 891. The molecule has 0 fully saturated rings. The molecule has 0 aliphatic heterocycles. The minimum atomic E-state index is -0.565. The molecule has 1 amide bonds. The third-order valence-electron chi connectivity index (χ3n) is 3.10. The average Bonchev–Trinajstić information content (AvgIpc) is 3.08. The number of hydrogen-bond acceptors (Lipinski definition) is 5. The molecule has 0 bridgehead atoms. The third-order valence-corrected chi connectivity index (χ3v) is 4.43. The Kier molecular flexibility index (Phi) is 4.14. The number of amides is 1. The Labute approximate surface area is 140 Å². The molecule has 2 aromatic heterocycles. The van der Waals surface area contributed by atoms with Gasteiger partial charge in [0.05, 0.1) is 15.6 Å². The minimum Gasteiger partial charge on any atom is -0.339 e. The van der Waals surface area contributed by atoms with Crippen molar-refractivity contribution < 1.29 is 13.7 Å². The molecule has 0 saturated carbocycles. The van der Waals surface area contributed by atoms with Gasteiger partial charge in [0.1, 0.15) is 5.82 Å². The SMILES string of the molecule is Cc1nc(-c2cc(NC(=O)c3ccc(F)c(Cl)c3)c(C)s2)no1. The summed E-state index contributed by atoms with van der Waals surface area (Å²) < 4.78 is 18.1. The monoisotopic (exact) mass is 351 g/mol.